The number of aryl methyl sites for hydroxylation is 1. The predicted molar refractivity (Wildman–Crippen MR) is 58.0 cm³/mol. The molecule has 8 heteroatoms. The van der Waals surface area contributed by atoms with Crippen molar-refractivity contribution in [2.45, 2.75) is 31.5 Å². The van der Waals surface area contributed by atoms with E-state index in [0.29, 0.717) is 0 Å². The highest BCUT2D eigenvalue weighted by Gasteiger charge is 2.58. The topological polar surface area (TPSA) is 29.5 Å². The van der Waals surface area contributed by atoms with Gasteiger partial charge >= 0.3 is 12.4 Å². The van der Waals surface area contributed by atoms with Crippen molar-refractivity contribution in [2.75, 3.05) is 6.61 Å². The Morgan fingerprint density at radius 1 is 1.00 bits per heavy atom. The summed E-state index contributed by atoms with van der Waals surface area (Å²) in [7, 11) is 0. The largest absolute Gasteiger partial charge is 0.423 e. The van der Waals surface area contributed by atoms with Gasteiger partial charge in [-0.1, -0.05) is 29.8 Å². The van der Waals surface area contributed by atoms with Crippen LogP contribution in [0.15, 0.2) is 24.3 Å². The zero-order valence-corrected chi connectivity index (χ0v) is 10.3. The fraction of sp³-hybridized carbons (Fsp3) is 0.500. The van der Waals surface area contributed by atoms with Gasteiger partial charge in [-0.3, -0.25) is 0 Å². The predicted octanol–water partition coefficient (Wildman–Crippen LogP) is 3.54. The molecule has 2 nitrogen and oxygen atoms in total. The van der Waals surface area contributed by atoms with Gasteiger partial charge < -0.3 is 9.84 Å². The molecule has 0 aliphatic carbocycles. The molecular formula is C12H12F6O2. The lowest BCUT2D eigenvalue weighted by Gasteiger charge is -2.24. The number of halogens is 6. The van der Waals surface area contributed by atoms with Crippen molar-refractivity contribution < 1.29 is 36.2 Å². The van der Waals surface area contributed by atoms with E-state index in [1.165, 1.54) is 12.1 Å². The van der Waals surface area contributed by atoms with Gasteiger partial charge in [0, 0.05) is 0 Å². The molecule has 1 atom stereocenters. The summed E-state index contributed by atoms with van der Waals surface area (Å²) in [6.45, 7) is 0.642. The SMILES string of the molecule is Cc1ccc(C(O)COC(C(F)(F)F)C(F)(F)F)cc1. The third kappa shape index (κ3) is 4.68. The third-order valence-electron chi connectivity index (χ3n) is 2.48. The number of alkyl halides is 6. The van der Waals surface area contributed by atoms with Crippen molar-refractivity contribution in [3.63, 3.8) is 0 Å². The van der Waals surface area contributed by atoms with Crippen LogP contribution >= 0.6 is 0 Å². The molecule has 0 amide bonds. The van der Waals surface area contributed by atoms with Gasteiger partial charge in [0.15, 0.2) is 0 Å². The lowest BCUT2D eigenvalue weighted by Crippen LogP contribution is -2.45. The van der Waals surface area contributed by atoms with Crippen molar-refractivity contribution in [2.24, 2.45) is 0 Å². The average molecular weight is 302 g/mol. The lowest BCUT2D eigenvalue weighted by molar-refractivity contribution is -0.324. The number of aliphatic hydroxyl groups is 1. The third-order valence-corrected chi connectivity index (χ3v) is 2.48. The second kappa shape index (κ2) is 6.01. The van der Waals surface area contributed by atoms with Crippen LogP contribution in [0.3, 0.4) is 0 Å². The molecule has 1 aromatic rings. The number of hydrogen-bond acceptors (Lipinski definition) is 2. The van der Waals surface area contributed by atoms with Crippen LogP contribution in [0.5, 0.6) is 0 Å². The molecule has 0 aliphatic heterocycles. The molecule has 20 heavy (non-hydrogen) atoms. The van der Waals surface area contributed by atoms with Gasteiger partial charge in [-0.25, -0.2) is 0 Å². The molecule has 1 unspecified atom stereocenters. The van der Waals surface area contributed by atoms with Gasteiger partial charge in [0.25, 0.3) is 0 Å². The molecule has 0 radical (unpaired) electrons. The summed E-state index contributed by atoms with van der Waals surface area (Å²) in [5.41, 5.74) is 1.02. The summed E-state index contributed by atoms with van der Waals surface area (Å²) in [5, 5.41) is 9.53. The molecule has 0 aliphatic rings. The molecule has 0 heterocycles. The van der Waals surface area contributed by atoms with Crippen molar-refractivity contribution >= 4 is 0 Å². The maximum atomic E-state index is 12.2. The van der Waals surface area contributed by atoms with E-state index in [1.807, 2.05) is 0 Å². The standard InChI is InChI=1S/C12H12F6O2/c1-7-2-4-8(5-3-7)9(19)6-20-10(11(13,14)15)12(16,17)18/h2-5,9-10,19H,6H2,1H3. The van der Waals surface area contributed by atoms with E-state index in [4.69, 9.17) is 0 Å². The van der Waals surface area contributed by atoms with Crippen LogP contribution in [0.2, 0.25) is 0 Å². The minimum atomic E-state index is -5.58. The van der Waals surface area contributed by atoms with Crippen molar-refractivity contribution in [1.82, 2.24) is 0 Å². The number of hydrogen-bond donors (Lipinski definition) is 1. The molecule has 114 valence electrons. The molecule has 0 saturated carbocycles. The van der Waals surface area contributed by atoms with E-state index in [9.17, 15) is 31.4 Å². The van der Waals surface area contributed by atoms with Gasteiger partial charge in [-0.2, -0.15) is 26.3 Å². The highest BCUT2D eigenvalue weighted by atomic mass is 19.4. The van der Waals surface area contributed by atoms with Crippen LogP contribution < -0.4 is 0 Å². The summed E-state index contributed by atoms with van der Waals surface area (Å²) < 4.78 is 77.0. The first-order chi connectivity index (χ1) is 9.01. The molecule has 1 aromatic carbocycles. The molecule has 1 rings (SSSR count). The van der Waals surface area contributed by atoms with E-state index in [-0.39, 0.29) is 5.56 Å². The van der Waals surface area contributed by atoms with Crippen LogP contribution in [0.25, 0.3) is 0 Å². The first-order valence-electron chi connectivity index (χ1n) is 5.51. The van der Waals surface area contributed by atoms with Crippen LogP contribution in [-0.2, 0) is 4.74 Å². The molecule has 1 N–H and O–H groups in total. The van der Waals surface area contributed by atoms with Gasteiger partial charge in [0.2, 0.25) is 6.10 Å². The summed E-state index contributed by atoms with van der Waals surface area (Å²) in [6.07, 6.45) is -16.6. The summed E-state index contributed by atoms with van der Waals surface area (Å²) in [5.74, 6) is 0. The minimum Gasteiger partial charge on any atom is -0.386 e. The van der Waals surface area contributed by atoms with E-state index in [1.54, 1.807) is 19.1 Å². The Morgan fingerprint density at radius 3 is 1.85 bits per heavy atom. The Labute approximate surface area is 111 Å². The fourth-order valence-corrected chi connectivity index (χ4v) is 1.45. The van der Waals surface area contributed by atoms with Gasteiger partial charge in [0.1, 0.15) is 6.10 Å². The monoisotopic (exact) mass is 302 g/mol. The highest BCUT2D eigenvalue weighted by Crippen LogP contribution is 2.36. The zero-order chi connectivity index (χ0) is 15.6. The normalized spacial score (nSPS) is 14.7. The maximum Gasteiger partial charge on any atom is 0.423 e. The average Bonchev–Trinajstić information content (AvgIpc) is 2.26. The highest BCUT2D eigenvalue weighted by molar-refractivity contribution is 5.23. The molecule has 0 saturated heterocycles. The fourth-order valence-electron chi connectivity index (χ4n) is 1.45. The van der Waals surface area contributed by atoms with Gasteiger partial charge in [-0.15, -0.1) is 0 Å². The number of rotatable bonds is 4. The quantitative estimate of drug-likeness (QED) is 0.862. The first kappa shape index (κ1) is 16.8. The van der Waals surface area contributed by atoms with Crippen LogP contribution in [0, 0.1) is 6.92 Å². The van der Waals surface area contributed by atoms with Crippen LogP contribution in [0.1, 0.15) is 17.2 Å². The van der Waals surface area contributed by atoms with Crippen LogP contribution in [0.4, 0.5) is 26.3 Å². The Balaban J connectivity index is 2.71. The van der Waals surface area contributed by atoms with E-state index in [0.717, 1.165) is 5.56 Å². The van der Waals surface area contributed by atoms with Gasteiger partial charge in [-0.05, 0) is 12.5 Å². The Hall–Kier alpha value is -1.28. The number of aliphatic hydroxyl groups excluding tert-OH is 1. The molecule has 0 bridgehead atoms. The molecular weight excluding hydrogens is 290 g/mol. The summed E-state index contributed by atoms with van der Waals surface area (Å²) in [6, 6.07) is 5.95. The van der Waals surface area contributed by atoms with Gasteiger partial charge in [0.05, 0.1) is 6.61 Å². The van der Waals surface area contributed by atoms with Crippen molar-refractivity contribution in [3.8, 4) is 0 Å². The van der Waals surface area contributed by atoms with E-state index >= 15 is 0 Å². The number of ether oxygens (including phenoxy) is 1. The van der Waals surface area contributed by atoms with Crippen molar-refractivity contribution in [1.29, 1.82) is 0 Å². The molecule has 0 fully saturated rings. The second-order valence-corrected chi connectivity index (χ2v) is 4.22. The minimum absolute atomic E-state index is 0.179. The Bertz CT molecular complexity index is 409. The van der Waals surface area contributed by atoms with Crippen LogP contribution in [-0.4, -0.2) is 30.2 Å². The lowest BCUT2D eigenvalue weighted by atomic mass is 10.1. The zero-order valence-electron chi connectivity index (χ0n) is 10.3. The summed E-state index contributed by atoms with van der Waals surface area (Å²) in [4.78, 5) is 0. The molecule has 0 aromatic heterocycles. The summed E-state index contributed by atoms with van der Waals surface area (Å²) >= 11 is 0. The smallest absolute Gasteiger partial charge is 0.386 e. The molecule has 0 spiro atoms. The Kier molecular flexibility index (Phi) is 5.04. The van der Waals surface area contributed by atoms with Crippen molar-refractivity contribution in [3.05, 3.63) is 35.4 Å². The maximum absolute atomic E-state index is 12.2. The van der Waals surface area contributed by atoms with E-state index < -0.39 is 31.2 Å². The number of benzene rings is 1. The second-order valence-electron chi connectivity index (χ2n) is 4.22. The van der Waals surface area contributed by atoms with E-state index in [2.05, 4.69) is 4.74 Å². The Morgan fingerprint density at radius 2 is 1.45 bits per heavy atom. The first-order valence-corrected chi connectivity index (χ1v) is 5.51.